The van der Waals surface area contributed by atoms with Crippen LogP contribution >= 0.6 is 0 Å². The van der Waals surface area contributed by atoms with Gasteiger partial charge in [-0.15, -0.1) is 0 Å². The Morgan fingerprint density at radius 3 is 2.24 bits per heavy atom. The van der Waals surface area contributed by atoms with Crippen molar-refractivity contribution >= 4 is 17.6 Å². The minimum atomic E-state index is -6.09. The number of carboxylic acid groups (broad SMARTS) is 1. The van der Waals surface area contributed by atoms with Crippen LogP contribution in [0.15, 0.2) is 24.3 Å². The minimum absolute atomic E-state index is 0.00512. The van der Waals surface area contributed by atoms with E-state index in [0.717, 1.165) is 6.07 Å². The molecule has 2 rings (SSSR count). The van der Waals surface area contributed by atoms with Crippen LogP contribution in [0.1, 0.15) is 5.56 Å². The number of benzene rings is 1. The lowest BCUT2D eigenvalue weighted by Gasteiger charge is -2.28. The molecule has 1 atom stereocenters. The van der Waals surface area contributed by atoms with E-state index in [-0.39, 0.29) is 22.6 Å². The van der Waals surface area contributed by atoms with Gasteiger partial charge >= 0.3 is 24.0 Å². The number of hydrogen-bond acceptors (Lipinski definition) is 2. The normalized spacial score (nSPS) is 18.5. The Bertz CT molecular complexity index is 599. The summed E-state index contributed by atoms with van der Waals surface area (Å²) < 4.78 is 63.3. The SMILES string of the molecule is O=C(O)[C@@H]1Cc2ccccc2N1C(=O)C(F)(F)C(F)(F)F. The quantitative estimate of drug-likeness (QED) is 0.852. The molecule has 114 valence electrons. The van der Waals surface area contributed by atoms with Gasteiger partial charge in [-0.3, -0.25) is 9.69 Å². The summed E-state index contributed by atoms with van der Waals surface area (Å²) in [6.45, 7) is 0. The first-order valence-corrected chi connectivity index (χ1v) is 5.66. The molecule has 0 aromatic heterocycles. The molecule has 0 aliphatic carbocycles. The fourth-order valence-corrected chi connectivity index (χ4v) is 2.11. The van der Waals surface area contributed by atoms with Crippen molar-refractivity contribution in [2.75, 3.05) is 4.90 Å². The van der Waals surface area contributed by atoms with Crippen LogP contribution in [0.3, 0.4) is 0 Å². The van der Waals surface area contributed by atoms with E-state index in [2.05, 4.69) is 0 Å². The van der Waals surface area contributed by atoms with Gasteiger partial charge in [0.15, 0.2) is 0 Å². The molecule has 1 aliphatic rings. The fourth-order valence-electron chi connectivity index (χ4n) is 2.11. The van der Waals surface area contributed by atoms with Crippen molar-refractivity contribution < 1.29 is 36.6 Å². The third kappa shape index (κ3) is 2.32. The molecular formula is C12H8F5NO3. The number of anilines is 1. The lowest BCUT2D eigenvalue weighted by Crippen LogP contribution is -2.56. The van der Waals surface area contributed by atoms with Crippen LogP contribution in [-0.2, 0) is 16.0 Å². The average molecular weight is 309 g/mol. The highest BCUT2D eigenvalue weighted by Gasteiger charge is 2.66. The number of carboxylic acids is 1. The maximum Gasteiger partial charge on any atom is 0.463 e. The number of rotatable bonds is 2. The van der Waals surface area contributed by atoms with Crippen molar-refractivity contribution in [3.8, 4) is 0 Å². The summed E-state index contributed by atoms with van der Waals surface area (Å²) in [6.07, 6.45) is -6.42. The predicted molar refractivity (Wildman–Crippen MR) is 60.1 cm³/mol. The molecule has 0 spiro atoms. The van der Waals surface area contributed by atoms with E-state index >= 15 is 0 Å². The lowest BCUT2D eigenvalue weighted by molar-refractivity contribution is -0.268. The van der Waals surface area contributed by atoms with E-state index in [0.29, 0.717) is 0 Å². The number of amides is 1. The highest BCUT2D eigenvalue weighted by Crippen LogP contribution is 2.41. The molecule has 0 fully saturated rings. The number of aliphatic carboxylic acids is 1. The average Bonchev–Trinajstić information content (AvgIpc) is 2.75. The second-order valence-corrected chi connectivity index (χ2v) is 4.43. The van der Waals surface area contributed by atoms with E-state index in [1.807, 2.05) is 0 Å². The van der Waals surface area contributed by atoms with E-state index in [4.69, 9.17) is 5.11 Å². The molecule has 1 heterocycles. The number of hydrogen-bond donors (Lipinski definition) is 1. The number of carbonyl (C=O) groups is 2. The number of nitrogens with zero attached hydrogens (tertiary/aromatic N) is 1. The molecule has 1 aromatic rings. The lowest BCUT2D eigenvalue weighted by atomic mass is 10.1. The number of alkyl halides is 5. The largest absolute Gasteiger partial charge is 0.480 e. The van der Waals surface area contributed by atoms with E-state index < -0.39 is 30.0 Å². The van der Waals surface area contributed by atoms with Gasteiger partial charge in [-0.1, -0.05) is 18.2 Å². The van der Waals surface area contributed by atoms with Crippen LogP contribution in [0.25, 0.3) is 0 Å². The van der Waals surface area contributed by atoms with Crippen molar-refractivity contribution in [1.82, 2.24) is 0 Å². The summed E-state index contributed by atoms with van der Waals surface area (Å²) in [6, 6.07) is 3.48. The van der Waals surface area contributed by atoms with Crippen LogP contribution < -0.4 is 4.90 Å². The highest BCUT2D eigenvalue weighted by atomic mass is 19.4. The van der Waals surface area contributed by atoms with Crippen LogP contribution in [0.4, 0.5) is 27.6 Å². The Hall–Kier alpha value is -2.19. The number of carbonyl (C=O) groups excluding carboxylic acids is 1. The van der Waals surface area contributed by atoms with Crippen molar-refractivity contribution in [3.05, 3.63) is 29.8 Å². The van der Waals surface area contributed by atoms with Gasteiger partial charge in [0.25, 0.3) is 0 Å². The Labute approximate surface area is 114 Å². The maximum atomic E-state index is 13.2. The van der Waals surface area contributed by atoms with Crippen molar-refractivity contribution in [2.45, 2.75) is 24.6 Å². The summed E-state index contributed by atoms with van der Waals surface area (Å²) in [5, 5.41) is 8.95. The summed E-state index contributed by atoms with van der Waals surface area (Å²) in [7, 11) is 0. The number of halogens is 5. The van der Waals surface area contributed by atoms with E-state index in [1.165, 1.54) is 18.2 Å². The monoisotopic (exact) mass is 309 g/mol. The first-order valence-electron chi connectivity index (χ1n) is 5.66. The van der Waals surface area contributed by atoms with Gasteiger partial charge in [0, 0.05) is 12.1 Å². The van der Waals surface area contributed by atoms with Gasteiger partial charge in [-0.05, 0) is 11.6 Å². The zero-order chi connectivity index (χ0) is 16.0. The van der Waals surface area contributed by atoms with Gasteiger partial charge < -0.3 is 5.11 Å². The second-order valence-electron chi connectivity index (χ2n) is 4.43. The zero-order valence-electron chi connectivity index (χ0n) is 10.2. The number of fused-ring (bicyclic) bond motifs is 1. The van der Waals surface area contributed by atoms with Gasteiger partial charge in [0.2, 0.25) is 0 Å². The summed E-state index contributed by atoms with van der Waals surface area (Å²) in [4.78, 5) is 22.6. The van der Waals surface area contributed by atoms with Gasteiger partial charge in [0.1, 0.15) is 6.04 Å². The molecule has 1 aliphatic heterocycles. The second kappa shape index (κ2) is 4.68. The van der Waals surface area contributed by atoms with Crippen LogP contribution in [-0.4, -0.2) is 35.1 Å². The molecule has 0 saturated carbocycles. The summed E-state index contributed by atoms with van der Waals surface area (Å²) in [5.41, 5.74) is -0.0324. The van der Waals surface area contributed by atoms with Gasteiger partial charge in [-0.2, -0.15) is 22.0 Å². The zero-order valence-corrected chi connectivity index (χ0v) is 10.2. The molecule has 0 bridgehead atoms. The van der Waals surface area contributed by atoms with Gasteiger partial charge in [0.05, 0.1) is 0 Å². The van der Waals surface area contributed by atoms with Crippen LogP contribution in [0.2, 0.25) is 0 Å². The molecule has 4 nitrogen and oxygen atoms in total. The predicted octanol–water partition coefficient (Wildman–Crippen LogP) is 2.23. The molecular weight excluding hydrogens is 301 g/mol. The molecule has 1 N–H and O–H groups in total. The molecule has 21 heavy (non-hydrogen) atoms. The first kappa shape index (κ1) is 15.2. The third-order valence-electron chi connectivity index (χ3n) is 3.10. The van der Waals surface area contributed by atoms with Crippen molar-refractivity contribution in [2.24, 2.45) is 0 Å². The third-order valence-corrected chi connectivity index (χ3v) is 3.10. The molecule has 9 heteroatoms. The van der Waals surface area contributed by atoms with Crippen molar-refractivity contribution in [3.63, 3.8) is 0 Å². The van der Waals surface area contributed by atoms with Gasteiger partial charge in [-0.25, -0.2) is 4.79 Å². The molecule has 0 radical (unpaired) electrons. The Morgan fingerprint density at radius 2 is 1.71 bits per heavy atom. The minimum Gasteiger partial charge on any atom is -0.480 e. The molecule has 1 amide bonds. The van der Waals surface area contributed by atoms with Crippen molar-refractivity contribution in [1.29, 1.82) is 0 Å². The number of para-hydroxylation sites is 1. The van der Waals surface area contributed by atoms with E-state index in [9.17, 15) is 31.5 Å². The Morgan fingerprint density at radius 1 is 1.14 bits per heavy atom. The maximum absolute atomic E-state index is 13.2. The van der Waals surface area contributed by atoms with Crippen LogP contribution in [0.5, 0.6) is 0 Å². The Balaban J connectivity index is 2.49. The highest BCUT2D eigenvalue weighted by molar-refractivity contribution is 6.05. The standard InChI is InChI=1S/C12H8F5NO3/c13-11(14,12(15,16)17)10(21)18-7-4-2-1-3-6(7)5-8(18)9(19)20/h1-4,8H,5H2,(H,19,20)/t8-/m0/s1. The Kier molecular flexibility index (Phi) is 3.38. The molecule has 0 unspecified atom stereocenters. The summed E-state index contributed by atoms with van der Waals surface area (Å²) in [5.74, 6) is -9.90. The first-order chi connectivity index (χ1) is 9.57. The molecule has 1 aromatic carbocycles. The smallest absolute Gasteiger partial charge is 0.463 e. The fraction of sp³-hybridized carbons (Fsp3) is 0.333. The topological polar surface area (TPSA) is 57.6 Å². The van der Waals surface area contributed by atoms with E-state index in [1.54, 1.807) is 0 Å². The molecule has 0 saturated heterocycles. The van der Waals surface area contributed by atoms with Crippen LogP contribution in [0, 0.1) is 0 Å². The summed E-state index contributed by atoms with van der Waals surface area (Å²) >= 11 is 0.